The van der Waals surface area contributed by atoms with Gasteiger partial charge in [-0.05, 0) is 24.6 Å². The highest BCUT2D eigenvalue weighted by Crippen LogP contribution is 2.22. The summed E-state index contributed by atoms with van der Waals surface area (Å²) in [5.74, 6) is 0.354. The molecule has 0 aliphatic heterocycles. The molecular weight excluding hydrogens is 273 g/mol. The molecule has 1 heterocycles. The molecule has 0 aliphatic rings. The van der Waals surface area contributed by atoms with Gasteiger partial charge in [0.25, 0.3) is 0 Å². The number of anilines is 2. The van der Waals surface area contributed by atoms with Gasteiger partial charge in [-0.15, -0.1) is 0 Å². The van der Waals surface area contributed by atoms with Crippen LogP contribution in [0.25, 0.3) is 0 Å². The zero-order valence-corrected chi connectivity index (χ0v) is 11.1. The Bertz CT molecular complexity index is 561. The van der Waals surface area contributed by atoms with Gasteiger partial charge in [0, 0.05) is 5.69 Å². The molecule has 0 saturated heterocycles. The third-order valence-electron chi connectivity index (χ3n) is 2.33. The van der Waals surface area contributed by atoms with Crippen molar-refractivity contribution in [3.05, 3.63) is 46.2 Å². The minimum Gasteiger partial charge on any atom is -0.389 e. The minimum absolute atomic E-state index is 0.195. The number of aromatic nitrogens is 2. The highest BCUT2D eigenvalue weighted by molar-refractivity contribution is 6.41. The topological polar surface area (TPSA) is 58.0 Å². The van der Waals surface area contributed by atoms with Gasteiger partial charge in [0.1, 0.15) is 0 Å². The van der Waals surface area contributed by atoms with Crippen LogP contribution in [0.4, 0.5) is 11.6 Å². The second-order valence-electron chi connectivity index (χ2n) is 3.76. The van der Waals surface area contributed by atoms with Crippen LogP contribution in [0.3, 0.4) is 0 Å². The Labute approximate surface area is 115 Å². The van der Waals surface area contributed by atoms with Crippen LogP contribution < -0.4 is 5.32 Å². The summed E-state index contributed by atoms with van der Waals surface area (Å²) in [7, 11) is 0. The van der Waals surface area contributed by atoms with Gasteiger partial charge in [-0.25, -0.2) is 4.98 Å². The molecule has 1 unspecified atom stereocenters. The summed E-state index contributed by atoms with van der Waals surface area (Å²) in [6, 6.07) is 7.34. The smallest absolute Gasteiger partial charge is 0.228 e. The van der Waals surface area contributed by atoms with Crippen LogP contribution in [0.2, 0.25) is 10.2 Å². The van der Waals surface area contributed by atoms with E-state index in [1.807, 2.05) is 24.3 Å². The number of hydrogen-bond acceptors (Lipinski definition) is 4. The summed E-state index contributed by atoms with van der Waals surface area (Å²) in [6.45, 7) is 1.70. The monoisotopic (exact) mass is 283 g/mol. The van der Waals surface area contributed by atoms with Crippen molar-refractivity contribution in [2.24, 2.45) is 0 Å². The predicted octanol–water partition coefficient (Wildman–Crippen LogP) is 3.58. The van der Waals surface area contributed by atoms with Gasteiger partial charge >= 0.3 is 0 Å². The number of aliphatic hydroxyl groups excluding tert-OH is 1. The van der Waals surface area contributed by atoms with E-state index in [0.717, 1.165) is 11.3 Å². The van der Waals surface area contributed by atoms with Gasteiger partial charge in [-0.3, -0.25) is 0 Å². The fourth-order valence-electron chi connectivity index (χ4n) is 1.41. The van der Waals surface area contributed by atoms with Crippen LogP contribution in [0.1, 0.15) is 18.6 Å². The Kier molecular flexibility index (Phi) is 4.01. The van der Waals surface area contributed by atoms with Crippen LogP contribution in [0.5, 0.6) is 0 Å². The van der Waals surface area contributed by atoms with Gasteiger partial charge in [0.15, 0.2) is 5.15 Å². The number of benzene rings is 1. The predicted molar refractivity (Wildman–Crippen MR) is 72.4 cm³/mol. The second-order valence-corrected chi connectivity index (χ2v) is 4.52. The van der Waals surface area contributed by atoms with E-state index in [4.69, 9.17) is 23.2 Å². The fraction of sp³-hybridized carbons (Fsp3) is 0.167. The van der Waals surface area contributed by atoms with Crippen molar-refractivity contribution in [2.45, 2.75) is 13.0 Å². The van der Waals surface area contributed by atoms with Crippen molar-refractivity contribution in [3.63, 3.8) is 0 Å². The molecule has 1 aromatic heterocycles. The molecule has 0 fully saturated rings. The Morgan fingerprint density at radius 2 is 2.11 bits per heavy atom. The van der Waals surface area contributed by atoms with Gasteiger partial charge in [-0.1, -0.05) is 35.3 Å². The van der Waals surface area contributed by atoms with E-state index in [1.54, 1.807) is 6.92 Å². The maximum Gasteiger partial charge on any atom is 0.228 e. The van der Waals surface area contributed by atoms with Crippen molar-refractivity contribution >= 4 is 34.8 Å². The van der Waals surface area contributed by atoms with Crippen molar-refractivity contribution in [3.8, 4) is 0 Å². The molecule has 2 rings (SSSR count). The molecule has 0 aliphatic carbocycles. The van der Waals surface area contributed by atoms with Crippen LogP contribution in [-0.4, -0.2) is 15.1 Å². The summed E-state index contributed by atoms with van der Waals surface area (Å²) in [5, 5.41) is 13.0. The van der Waals surface area contributed by atoms with Crippen molar-refractivity contribution < 1.29 is 5.11 Å². The maximum atomic E-state index is 9.50. The van der Waals surface area contributed by atoms with E-state index < -0.39 is 6.10 Å². The Hall–Kier alpha value is -1.36. The number of aliphatic hydroxyl groups is 1. The quantitative estimate of drug-likeness (QED) is 0.846. The molecule has 0 amide bonds. The number of rotatable bonds is 3. The Morgan fingerprint density at radius 1 is 1.33 bits per heavy atom. The third kappa shape index (κ3) is 3.10. The van der Waals surface area contributed by atoms with Crippen molar-refractivity contribution in [2.75, 3.05) is 5.32 Å². The van der Waals surface area contributed by atoms with E-state index in [-0.39, 0.29) is 5.15 Å². The van der Waals surface area contributed by atoms with Crippen LogP contribution >= 0.6 is 23.2 Å². The van der Waals surface area contributed by atoms with Crippen LogP contribution in [0.15, 0.2) is 30.5 Å². The molecule has 0 radical (unpaired) electrons. The first-order chi connectivity index (χ1) is 8.56. The van der Waals surface area contributed by atoms with E-state index in [2.05, 4.69) is 15.3 Å². The second kappa shape index (κ2) is 5.52. The van der Waals surface area contributed by atoms with E-state index >= 15 is 0 Å². The fourth-order valence-corrected chi connectivity index (χ4v) is 1.63. The van der Waals surface area contributed by atoms with Crippen molar-refractivity contribution in [1.82, 2.24) is 9.97 Å². The van der Waals surface area contributed by atoms with E-state index in [1.165, 1.54) is 6.20 Å². The average Bonchev–Trinajstić information content (AvgIpc) is 2.34. The molecule has 4 nitrogen and oxygen atoms in total. The number of hydrogen-bond donors (Lipinski definition) is 2. The lowest BCUT2D eigenvalue weighted by Gasteiger charge is -2.09. The summed E-state index contributed by atoms with van der Waals surface area (Å²) in [6.07, 6.45) is 0.902. The minimum atomic E-state index is -0.526. The molecule has 1 aromatic carbocycles. The molecule has 18 heavy (non-hydrogen) atoms. The summed E-state index contributed by atoms with van der Waals surface area (Å²) < 4.78 is 0. The summed E-state index contributed by atoms with van der Waals surface area (Å²) in [4.78, 5) is 8.00. The average molecular weight is 284 g/mol. The molecule has 2 N–H and O–H groups in total. The first kappa shape index (κ1) is 13.1. The molecule has 6 heteroatoms. The van der Waals surface area contributed by atoms with E-state index in [9.17, 15) is 5.11 Å². The largest absolute Gasteiger partial charge is 0.389 e. The van der Waals surface area contributed by atoms with Crippen molar-refractivity contribution in [1.29, 1.82) is 0 Å². The molecule has 94 valence electrons. The summed E-state index contributed by atoms with van der Waals surface area (Å²) in [5.41, 5.74) is 1.58. The van der Waals surface area contributed by atoms with Gasteiger partial charge in [0.2, 0.25) is 5.95 Å². The van der Waals surface area contributed by atoms with Gasteiger partial charge in [0.05, 0.1) is 17.3 Å². The lowest BCUT2D eigenvalue weighted by atomic mass is 10.1. The number of nitrogens with one attached hydrogen (secondary N) is 1. The maximum absolute atomic E-state index is 9.50. The van der Waals surface area contributed by atoms with Gasteiger partial charge in [-0.2, -0.15) is 4.98 Å². The molecule has 0 saturated carbocycles. The van der Waals surface area contributed by atoms with Gasteiger partial charge < -0.3 is 10.4 Å². The number of halogens is 2. The highest BCUT2D eigenvalue weighted by atomic mass is 35.5. The molecular formula is C12H11Cl2N3O. The first-order valence-electron chi connectivity index (χ1n) is 5.29. The number of nitrogens with zero attached hydrogens (tertiary/aromatic N) is 2. The molecule has 0 spiro atoms. The zero-order chi connectivity index (χ0) is 13.1. The third-order valence-corrected chi connectivity index (χ3v) is 2.99. The highest BCUT2D eigenvalue weighted by Gasteiger charge is 2.05. The summed E-state index contributed by atoms with van der Waals surface area (Å²) >= 11 is 11.5. The Balaban J connectivity index is 2.23. The molecule has 1 atom stereocenters. The Morgan fingerprint density at radius 3 is 2.78 bits per heavy atom. The van der Waals surface area contributed by atoms with Crippen LogP contribution in [0, 0.1) is 0 Å². The molecule has 2 aromatic rings. The SMILES string of the molecule is CC(O)c1cccc(Nc2ncc(Cl)c(Cl)n2)c1. The standard InChI is InChI=1S/C12H11Cl2N3O/c1-7(18)8-3-2-4-9(5-8)16-12-15-6-10(13)11(14)17-12/h2-7,18H,1H3,(H,15,16,17). The molecule has 0 bridgehead atoms. The normalized spacial score (nSPS) is 12.2. The lowest BCUT2D eigenvalue weighted by molar-refractivity contribution is 0.199. The van der Waals surface area contributed by atoms with Crippen LogP contribution in [-0.2, 0) is 0 Å². The van der Waals surface area contributed by atoms with E-state index in [0.29, 0.717) is 11.0 Å². The first-order valence-corrected chi connectivity index (χ1v) is 6.05. The zero-order valence-electron chi connectivity index (χ0n) is 9.56. The lowest BCUT2D eigenvalue weighted by Crippen LogP contribution is -1.98.